The summed E-state index contributed by atoms with van der Waals surface area (Å²) in [5.74, 6) is -1.33. The van der Waals surface area contributed by atoms with E-state index >= 15 is 0 Å². The number of anilines is 1. The van der Waals surface area contributed by atoms with Crippen molar-refractivity contribution in [3.8, 4) is 0 Å². The molecule has 136 valence electrons. The molecule has 0 aromatic carbocycles. The van der Waals surface area contributed by atoms with Gasteiger partial charge < -0.3 is 21.3 Å². The summed E-state index contributed by atoms with van der Waals surface area (Å²) in [7, 11) is 1.54. The summed E-state index contributed by atoms with van der Waals surface area (Å²) >= 11 is 1.22. The lowest BCUT2D eigenvalue weighted by molar-refractivity contribution is -0.139. The Balaban J connectivity index is 1.93. The van der Waals surface area contributed by atoms with Crippen molar-refractivity contribution < 1.29 is 19.2 Å². The van der Waals surface area contributed by atoms with Gasteiger partial charge in [0.25, 0.3) is 0 Å². The highest BCUT2D eigenvalue weighted by Gasteiger charge is 2.44. The number of rotatable bonds is 7. The van der Waals surface area contributed by atoms with E-state index in [1.54, 1.807) is 12.3 Å². The largest absolute Gasteiger partial charge is 0.368 e. The lowest BCUT2D eigenvalue weighted by Gasteiger charge is -2.22. The van der Waals surface area contributed by atoms with Crippen LogP contribution in [0.3, 0.4) is 0 Å². The summed E-state index contributed by atoms with van der Waals surface area (Å²) in [5.41, 5.74) is 4.83. The number of carbonyl (C=O) groups excluding carboxylic acids is 4. The molecule has 1 fully saturated rings. The summed E-state index contributed by atoms with van der Waals surface area (Å²) < 4.78 is 0. The van der Waals surface area contributed by atoms with Crippen LogP contribution >= 0.6 is 11.3 Å². The Kier molecular flexibility index (Phi) is 5.73. The number of hydrogen-bond donors (Lipinski definition) is 3. The van der Waals surface area contributed by atoms with Crippen LogP contribution in [0.4, 0.5) is 5.13 Å². The van der Waals surface area contributed by atoms with Crippen LogP contribution < -0.4 is 16.4 Å². The summed E-state index contributed by atoms with van der Waals surface area (Å²) in [6, 6.07) is 0. The van der Waals surface area contributed by atoms with Gasteiger partial charge in [0.2, 0.25) is 23.6 Å². The Hall–Kier alpha value is -2.49. The minimum atomic E-state index is -0.859. The van der Waals surface area contributed by atoms with Gasteiger partial charge in [-0.1, -0.05) is 6.92 Å². The van der Waals surface area contributed by atoms with Crippen LogP contribution in [0.15, 0.2) is 5.38 Å². The standard InChI is InChI=1S/C15H21N5O4S/c1-15(3-4-20(13(15)24)7-10(16)21)6-12(23)19-14-18-9(8-25-14)5-11(22)17-2/h8H,3-7H2,1-2H3,(H2,16,21)(H,17,22)(H,18,19,23). The highest BCUT2D eigenvalue weighted by molar-refractivity contribution is 7.13. The number of nitrogens with zero attached hydrogens (tertiary/aromatic N) is 2. The molecule has 1 atom stereocenters. The molecule has 10 heteroatoms. The summed E-state index contributed by atoms with van der Waals surface area (Å²) in [6.45, 7) is 1.97. The maximum Gasteiger partial charge on any atom is 0.237 e. The summed E-state index contributed by atoms with van der Waals surface area (Å²) in [5, 5.41) is 7.24. The number of carbonyl (C=O) groups is 4. The third kappa shape index (κ3) is 4.75. The number of aromatic nitrogens is 1. The molecule has 9 nitrogen and oxygen atoms in total. The number of hydrogen-bond acceptors (Lipinski definition) is 6. The second-order valence-corrected chi connectivity index (χ2v) is 7.08. The normalized spacial score (nSPS) is 19.8. The number of amides is 4. The van der Waals surface area contributed by atoms with Crippen molar-refractivity contribution in [2.24, 2.45) is 11.1 Å². The van der Waals surface area contributed by atoms with Crippen molar-refractivity contribution in [1.29, 1.82) is 0 Å². The van der Waals surface area contributed by atoms with E-state index in [-0.39, 0.29) is 37.1 Å². The minimum Gasteiger partial charge on any atom is -0.368 e. The highest BCUT2D eigenvalue weighted by Crippen LogP contribution is 2.35. The molecule has 0 bridgehead atoms. The van der Waals surface area contributed by atoms with Gasteiger partial charge in [-0.05, 0) is 6.42 Å². The number of nitrogens with one attached hydrogen (secondary N) is 2. The molecule has 4 amide bonds. The fourth-order valence-electron chi connectivity index (χ4n) is 2.69. The van der Waals surface area contributed by atoms with Crippen molar-refractivity contribution in [1.82, 2.24) is 15.2 Å². The van der Waals surface area contributed by atoms with Crippen LogP contribution in [0.25, 0.3) is 0 Å². The van der Waals surface area contributed by atoms with Gasteiger partial charge in [0.15, 0.2) is 5.13 Å². The third-order valence-electron chi connectivity index (χ3n) is 4.05. The van der Waals surface area contributed by atoms with E-state index in [9.17, 15) is 19.2 Å². The average molecular weight is 367 g/mol. The molecule has 25 heavy (non-hydrogen) atoms. The Morgan fingerprint density at radius 3 is 2.76 bits per heavy atom. The Morgan fingerprint density at radius 1 is 1.40 bits per heavy atom. The maximum absolute atomic E-state index is 12.4. The highest BCUT2D eigenvalue weighted by atomic mass is 32.1. The molecule has 0 spiro atoms. The average Bonchev–Trinajstić information content (AvgIpc) is 3.06. The first-order valence-electron chi connectivity index (χ1n) is 7.76. The fraction of sp³-hybridized carbons (Fsp3) is 0.533. The maximum atomic E-state index is 12.4. The zero-order valence-corrected chi connectivity index (χ0v) is 14.9. The Labute approximate surface area is 149 Å². The second-order valence-electron chi connectivity index (χ2n) is 6.22. The third-order valence-corrected chi connectivity index (χ3v) is 4.86. The molecule has 0 aliphatic carbocycles. The fourth-order valence-corrected chi connectivity index (χ4v) is 3.42. The van der Waals surface area contributed by atoms with E-state index in [1.807, 2.05) is 0 Å². The van der Waals surface area contributed by atoms with Crippen LogP contribution in [0.1, 0.15) is 25.5 Å². The van der Waals surface area contributed by atoms with Crippen LogP contribution in [0.5, 0.6) is 0 Å². The molecule has 0 radical (unpaired) electrons. The SMILES string of the molecule is CNC(=O)Cc1csc(NC(=O)CC2(C)CCN(CC(N)=O)C2=O)n1. The first kappa shape index (κ1) is 18.8. The van der Waals surface area contributed by atoms with Gasteiger partial charge in [-0.3, -0.25) is 19.2 Å². The molecule has 2 heterocycles. The minimum absolute atomic E-state index is 0.00848. The predicted molar refractivity (Wildman–Crippen MR) is 91.6 cm³/mol. The number of nitrogens with two attached hydrogens (primary N) is 1. The summed E-state index contributed by atoms with van der Waals surface area (Å²) in [4.78, 5) is 52.5. The predicted octanol–water partition coefficient (Wildman–Crippen LogP) is -0.516. The van der Waals surface area contributed by atoms with Crippen molar-refractivity contribution in [2.45, 2.75) is 26.2 Å². The zero-order chi connectivity index (χ0) is 18.6. The van der Waals surface area contributed by atoms with Crippen LogP contribution in [0.2, 0.25) is 0 Å². The van der Waals surface area contributed by atoms with Gasteiger partial charge in [0.05, 0.1) is 24.1 Å². The van der Waals surface area contributed by atoms with Crippen LogP contribution in [0, 0.1) is 5.41 Å². The van der Waals surface area contributed by atoms with Crippen molar-refractivity contribution in [2.75, 3.05) is 25.5 Å². The van der Waals surface area contributed by atoms with Crippen molar-refractivity contribution in [3.05, 3.63) is 11.1 Å². The molecule has 1 aromatic rings. The van der Waals surface area contributed by atoms with Crippen molar-refractivity contribution >= 4 is 40.1 Å². The molecule has 1 unspecified atom stereocenters. The van der Waals surface area contributed by atoms with Crippen LogP contribution in [-0.4, -0.2) is 53.6 Å². The smallest absolute Gasteiger partial charge is 0.237 e. The number of thiazole rings is 1. The molecular weight excluding hydrogens is 346 g/mol. The van der Waals surface area contributed by atoms with E-state index in [0.717, 1.165) is 0 Å². The molecule has 1 saturated heterocycles. The van der Waals surface area contributed by atoms with E-state index in [1.165, 1.54) is 23.3 Å². The van der Waals surface area contributed by atoms with Gasteiger partial charge in [0, 0.05) is 25.4 Å². The molecule has 1 aromatic heterocycles. The Bertz CT molecular complexity index is 704. The lowest BCUT2D eigenvalue weighted by atomic mass is 9.85. The van der Waals surface area contributed by atoms with Gasteiger partial charge >= 0.3 is 0 Å². The molecule has 2 rings (SSSR count). The number of primary amides is 1. The van der Waals surface area contributed by atoms with Crippen molar-refractivity contribution in [3.63, 3.8) is 0 Å². The van der Waals surface area contributed by atoms with Gasteiger partial charge in [0.1, 0.15) is 0 Å². The second kappa shape index (κ2) is 7.60. The molecule has 1 aliphatic heterocycles. The first-order valence-corrected chi connectivity index (χ1v) is 8.64. The first-order chi connectivity index (χ1) is 11.7. The van der Waals surface area contributed by atoms with E-state index < -0.39 is 11.3 Å². The van der Waals surface area contributed by atoms with Crippen LogP contribution in [-0.2, 0) is 25.6 Å². The topological polar surface area (TPSA) is 134 Å². The van der Waals surface area contributed by atoms with E-state index in [2.05, 4.69) is 15.6 Å². The lowest BCUT2D eigenvalue weighted by Crippen LogP contribution is -2.39. The zero-order valence-electron chi connectivity index (χ0n) is 14.1. The van der Waals surface area contributed by atoms with Gasteiger partial charge in [-0.2, -0.15) is 0 Å². The summed E-state index contributed by atoms with van der Waals surface area (Å²) in [6.07, 6.45) is 0.610. The molecular formula is C15H21N5O4S. The van der Waals surface area contributed by atoms with E-state index in [4.69, 9.17) is 5.73 Å². The molecule has 4 N–H and O–H groups in total. The monoisotopic (exact) mass is 367 g/mol. The Morgan fingerprint density at radius 2 is 2.12 bits per heavy atom. The number of likely N-dealkylation sites (tertiary alicyclic amines) is 1. The molecule has 1 aliphatic rings. The van der Waals surface area contributed by atoms with Gasteiger partial charge in [-0.25, -0.2) is 4.98 Å². The quantitative estimate of drug-likeness (QED) is 0.596. The molecule has 0 saturated carbocycles. The number of likely N-dealkylation sites (N-methyl/N-ethyl adjacent to an activating group) is 1. The van der Waals surface area contributed by atoms with Gasteiger partial charge in [-0.15, -0.1) is 11.3 Å². The van der Waals surface area contributed by atoms with E-state index in [0.29, 0.717) is 23.8 Å².